The summed E-state index contributed by atoms with van der Waals surface area (Å²) >= 11 is 0. The zero-order valence-corrected chi connectivity index (χ0v) is 11.6. The van der Waals surface area contributed by atoms with Gasteiger partial charge in [-0.05, 0) is 24.1 Å². The first-order valence-corrected chi connectivity index (χ1v) is 7.77. The molecule has 2 heterocycles. The van der Waals surface area contributed by atoms with Crippen molar-refractivity contribution in [1.29, 1.82) is 0 Å². The summed E-state index contributed by atoms with van der Waals surface area (Å²) in [6.07, 6.45) is 2.85. The maximum Gasteiger partial charge on any atom is 0.516 e. The van der Waals surface area contributed by atoms with E-state index in [1.165, 1.54) is 6.08 Å². The average Bonchev–Trinajstić information content (AvgIpc) is 2.60. The van der Waals surface area contributed by atoms with E-state index in [9.17, 15) is 21.6 Å². The Labute approximate surface area is 119 Å². The predicted octanol–water partition coefficient (Wildman–Crippen LogP) is 2.69. The average molecular weight is 319 g/mol. The van der Waals surface area contributed by atoms with Gasteiger partial charge in [0.1, 0.15) is 5.75 Å². The first-order valence-electron chi connectivity index (χ1n) is 6.33. The van der Waals surface area contributed by atoms with Gasteiger partial charge in [-0.2, -0.15) is 21.6 Å². The molecule has 0 saturated carbocycles. The summed E-state index contributed by atoms with van der Waals surface area (Å²) in [4.78, 5) is 0. The Balaban J connectivity index is 2.05. The van der Waals surface area contributed by atoms with Gasteiger partial charge in [-0.3, -0.25) is 4.31 Å². The lowest BCUT2D eigenvalue weighted by Gasteiger charge is -2.29. The molecule has 1 aromatic carbocycles. The van der Waals surface area contributed by atoms with Gasteiger partial charge >= 0.3 is 15.5 Å². The van der Waals surface area contributed by atoms with Crippen molar-refractivity contribution >= 4 is 16.1 Å². The lowest BCUT2D eigenvalue weighted by Crippen LogP contribution is -2.39. The van der Waals surface area contributed by atoms with Gasteiger partial charge in [0, 0.05) is 24.2 Å². The van der Waals surface area contributed by atoms with Crippen molar-refractivity contribution in [2.75, 3.05) is 13.2 Å². The van der Waals surface area contributed by atoms with Crippen molar-refractivity contribution in [2.45, 2.75) is 17.8 Å². The molecule has 2 aliphatic heterocycles. The van der Waals surface area contributed by atoms with E-state index in [-0.39, 0.29) is 12.5 Å². The molecule has 0 fully saturated rings. The van der Waals surface area contributed by atoms with E-state index in [0.29, 0.717) is 28.6 Å². The molecular weight excluding hydrogens is 307 g/mol. The summed E-state index contributed by atoms with van der Waals surface area (Å²) in [6.45, 7) is 0.132. The van der Waals surface area contributed by atoms with Gasteiger partial charge in [0.25, 0.3) is 0 Å². The second-order valence-electron chi connectivity index (χ2n) is 4.93. The molecule has 0 spiro atoms. The summed E-state index contributed by atoms with van der Waals surface area (Å²) in [5, 5.41) is 0. The van der Waals surface area contributed by atoms with Gasteiger partial charge in [0.2, 0.25) is 0 Å². The lowest BCUT2D eigenvalue weighted by molar-refractivity contribution is -0.0478. The maximum atomic E-state index is 12.7. The molecule has 0 aliphatic carbocycles. The summed E-state index contributed by atoms with van der Waals surface area (Å²) in [5.41, 5.74) is -3.83. The van der Waals surface area contributed by atoms with Crippen LogP contribution in [0.5, 0.6) is 5.75 Å². The van der Waals surface area contributed by atoms with Gasteiger partial charge in [0.05, 0.1) is 6.61 Å². The number of rotatable bonds is 1. The van der Waals surface area contributed by atoms with Crippen molar-refractivity contribution in [3.63, 3.8) is 0 Å². The van der Waals surface area contributed by atoms with E-state index in [1.807, 2.05) is 0 Å². The van der Waals surface area contributed by atoms with Gasteiger partial charge in [0.15, 0.2) is 0 Å². The Morgan fingerprint density at radius 2 is 2.05 bits per heavy atom. The Morgan fingerprint density at radius 1 is 1.29 bits per heavy atom. The number of hydrogen-bond donors (Lipinski definition) is 0. The third-order valence-electron chi connectivity index (χ3n) is 3.65. The highest BCUT2D eigenvalue weighted by atomic mass is 32.2. The molecular formula is C13H12F3NO3S. The van der Waals surface area contributed by atoms with E-state index in [2.05, 4.69) is 0 Å². The van der Waals surface area contributed by atoms with Crippen LogP contribution in [0.2, 0.25) is 0 Å². The molecule has 1 unspecified atom stereocenters. The highest BCUT2D eigenvalue weighted by molar-refractivity contribution is 7.90. The van der Waals surface area contributed by atoms with Crippen LogP contribution in [-0.4, -0.2) is 31.4 Å². The highest BCUT2D eigenvalue weighted by Crippen LogP contribution is 2.40. The largest absolute Gasteiger partial charge is 0.516 e. The SMILES string of the molecule is O=S(=O)(N1C=Cc2cccc3c2C(CCO3)C1)C(F)(F)F. The molecule has 1 atom stereocenters. The maximum absolute atomic E-state index is 12.7. The fraction of sp³-hybridized carbons (Fsp3) is 0.385. The normalized spacial score (nSPS) is 21.5. The molecule has 0 saturated heterocycles. The predicted molar refractivity (Wildman–Crippen MR) is 70.0 cm³/mol. The minimum absolute atomic E-state index is 0.230. The van der Waals surface area contributed by atoms with E-state index in [4.69, 9.17) is 4.74 Å². The number of sulfonamides is 1. The molecule has 21 heavy (non-hydrogen) atoms. The van der Waals surface area contributed by atoms with Crippen molar-refractivity contribution in [1.82, 2.24) is 4.31 Å². The first-order chi connectivity index (χ1) is 9.80. The fourth-order valence-electron chi connectivity index (χ4n) is 2.66. The fourth-order valence-corrected chi connectivity index (χ4v) is 3.52. The molecule has 0 N–H and O–H groups in total. The number of benzene rings is 1. The number of ether oxygens (including phenoxy) is 1. The van der Waals surface area contributed by atoms with Crippen LogP contribution in [0.15, 0.2) is 24.4 Å². The zero-order valence-electron chi connectivity index (χ0n) is 10.8. The van der Waals surface area contributed by atoms with Gasteiger partial charge < -0.3 is 4.74 Å². The second-order valence-corrected chi connectivity index (χ2v) is 6.81. The summed E-state index contributed by atoms with van der Waals surface area (Å²) < 4.78 is 67.2. The Kier molecular flexibility index (Phi) is 3.16. The molecule has 4 nitrogen and oxygen atoms in total. The van der Waals surface area contributed by atoms with Gasteiger partial charge in [-0.1, -0.05) is 12.1 Å². The number of hydrogen-bond acceptors (Lipinski definition) is 3. The van der Waals surface area contributed by atoms with Crippen LogP contribution in [-0.2, 0) is 10.0 Å². The molecule has 114 valence electrons. The molecule has 0 amide bonds. The Morgan fingerprint density at radius 3 is 2.76 bits per heavy atom. The number of nitrogens with zero attached hydrogens (tertiary/aromatic N) is 1. The third kappa shape index (κ3) is 2.27. The van der Waals surface area contributed by atoms with Crippen LogP contribution in [0.4, 0.5) is 13.2 Å². The molecule has 3 rings (SSSR count). The van der Waals surface area contributed by atoms with Crippen LogP contribution in [0.3, 0.4) is 0 Å². The van der Waals surface area contributed by atoms with Crippen molar-refractivity contribution < 1.29 is 26.3 Å². The van der Waals surface area contributed by atoms with E-state index in [1.54, 1.807) is 18.2 Å². The van der Waals surface area contributed by atoms with Crippen LogP contribution >= 0.6 is 0 Å². The third-order valence-corrected chi connectivity index (χ3v) is 5.13. The van der Waals surface area contributed by atoms with Gasteiger partial charge in [-0.25, -0.2) is 0 Å². The monoisotopic (exact) mass is 319 g/mol. The molecule has 0 radical (unpaired) electrons. The van der Waals surface area contributed by atoms with Crippen molar-refractivity contribution in [3.8, 4) is 5.75 Å². The summed E-state index contributed by atoms with van der Waals surface area (Å²) in [7, 11) is -5.37. The molecule has 1 aromatic rings. The van der Waals surface area contributed by atoms with Crippen LogP contribution in [0, 0.1) is 0 Å². The molecule has 8 heteroatoms. The van der Waals surface area contributed by atoms with E-state index in [0.717, 1.165) is 11.8 Å². The first kappa shape index (κ1) is 14.2. The zero-order chi connectivity index (χ0) is 15.3. The van der Waals surface area contributed by atoms with E-state index >= 15 is 0 Å². The van der Waals surface area contributed by atoms with Gasteiger partial charge in [-0.15, -0.1) is 0 Å². The summed E-state index contributed by atoms with van der Waals surface area (Å²) in [5.74, 6) is 0.303. The van der Waals surface area contributed by atoms with Crippen molar-refractivity contribution in [2.24, 2.45) is 0 Å². The molecule has 0 aromatic heterocycles. The summed E-state index contributed by atoms with van der Waals surface area (Å²) in [6, 6.07) is 5.21. The number of alkyl halides is 3. The van der Waals surface area contributed by atoms with Crippen LogP contribution < -0.4 is 4.74 Å². The Hall–Kier alpha value is -1.70. The standard InChI is InChI=1S/C13H12F3NO3S/c14-13(15,16)21(18,19)17-6-4-9-2-1-3-11-12(9)10(8-17)5-7-20-11/h1-4,6,10H,5,7-8H2. The Bertz CT molecular complexity index is 697. The minimum atomic E-state index is -5.37. The van der Waals surface area contributed by atoms with Crippen LogP contribution in [0.25, 0.3) is 6.08 Å². The highest BCUT2D eigenvalue weighted by Gasteiger charge is 2.50. The van der Waals surface area contributed by atoms with E-state index < -0.39 is 15.5 Å². The smallest absolute Gasteiger partial charge is 0.493 e. The van der Waals surface area contributed by atoms with Crippen molar-refractivity contribution in [3.05, 3.63) is 35.5 Å². The number of halogens is 3. The topological polar surface area (TPSA) is 46.6 Å². The quantitative estimate of drug-likeness (QED) is 0.799. The minimum Gasteiger partial charge on any atom is -0.493 e. The lowest BCUT2D eigenvalue weighted by atomic mass is 9.90. The molecule has 0 bridgehead atoms. The van der Waals surface area contributed by atoms with Crippen LogP contribution in [0.1, 0.15) is 23.5 Å². The molecule has 2 aliphatic rings. The second kappa shape index (κ2) is 4.66.